The summed E-state index contributed by atoms with van der Waals surface area (Å²) in [5, 5.41) is 17.0. The van der Waals surface area contributed by atoms with E-state index in [2.05, 4.69) is 10.6 Å². The number of rotatable bonds is 4. The first kappa shape index (κ1) is 15.8. The number of halogens is 1. The van der Waals surface area contributed by atoms with Crippen molar-refractivity contribution in [2.24, 2.45) is 0 Å². The van der Waals surface area contributed by atoms with Crippen LogP contribution in [0.1, 0.15) is 5.56 Å². The molecule has 122 valence electrons. The molecule has 24 heavy (non-hydrogen) atoms. The maximum absolute atomic E-state index is 13.5. The van der Waals surface area contributed by atoms with E-state index in [4.69, 9.17) is 0 Å². The van der Waals surface area contributed by atoms with Crippen molar-refractivity contribution in [2.45, 2.75) is 6.92 Å². The number of anilines is 2. The van der Waals surface area contributed by atoms with Crippen LogP contribution in [0.5, 0.6) is 5.75 Å². The number of phenols is 1. The Morgan fingerprint density at radius 3 is 2.75 bits per heavy atom. The van der Waals surface area contributed by atoms with Gasteiger partial charge >= 0.3 is 0 Å². The Balaban J connectivity index is 1.71. The zero-order valence-corrected chi connectivity index (χ0v) is 13.1. The third kappa shape index (κ3) is 3.46. The molecule has 0 aliphatic rings. The molecule has 0 fully saturated rings. The number of phenolic OH excluding ortho intramolecular Hbond substituents is 1. The fourth-order valence-corrected chi connectivity index (χ4v) is 2.45. The van der Waals surface area contributed by atoms with E-state index in [1.165, 1.54) is 6.07 Å². The van der Waals surface area contributed by atoms with Gasteiger partial charge in [-0.25, -0.2) is 4.39 Å². The Kier molecular flexibility index (Phi) is 4.33. The molecule has 3 N–H and O–H groups in total. The van der Waals surface area contributed by atoms with Crippen LogP contribution in [0.2, 0.25) is 0 Å². The monoisotopic (exact) mass is 324 g/mol. The molecule has 0 heterocycles. The maximum Gasteiger partial charge on any atom is 0.243 e. The van der Waals surface area contributed by atoms with Gasteiger partial charge in [-0.15, -0.1) is 0 Å². The van der Waals surface area contributed by atoms with Crippen molar-refractivity contribution < 1.29 is 14.3 Å². The van der Waals surface area contributed by atoms with Crippen LogP contribution in [-0.4, -0.2) is 17.6 Å². The van der Waals surface area contributed by atoms with Crippen molar-refractivity contribution >= 4 is 28.1 Å². The number of hydrogen-bond acceptors (Lipinski definition) is 3. The minimum Gasteiger partial charge on any atom is -0.508 e. The summed E-state index contributed by atoms with van der Waals surface area (Å²) < 4.78 is 13.5. The second-order valence-electron chi connectivity index (χ2n) is 5.58. The van der Waals surface area contributed by atoms with Gasteiger partial charge in [0.2, 0.25) is 5.91 Å². The zero-order chi connectivity index (χ0) is 17.1. The van der Waals surface area contributed by atoms with Crippen molar-refractivity contribution in [3.8, 4) is 5.75 Å². The summed E-state index contributed by atoms with van der Waals surface area (Å²) in [4.78, 5) is 12.1. The number of aromatic hydroxyl groups is 1. The first-order chi connectivity index (χ1) is 11.5. The van der Waals surface area contributed by atoms with Gasteiger partial charge in [-0.3, -0.25) is 4.79 Å². The molecule has 0 saturated heterocycles. The molecule has 0 aliphatic carbocycles. The second kappa shape index (κ2) is 6.58. The van der Waals surface area contributed by atoms with Gasteiger partial charge < -0.3 is 15.7 Å². The predicted molar refractivity (Wildman–Crippen MR) is 93.9 cm³/mol. The Hall–Kier alpha value is -3.08. The van der Waals surface area contributed by atoms with Crippen LogP contribution < -0.4 is 10.6 Å². The van der Waals surface area contributed by atoms with Gasteiger partial charge in [0.1, 0.15) is 11.6 Å². The van der Waals surface area contributed by atoms with Crippen LogP contribution >= 0.6 is 0 Å². The standard InChI is InChI=1S/C19H17FN2O2/c1-12-5-7-14(9-17(12)20)21-11-19(24)22-18-4-2-3-13-6-8-15(23)10-16(13)18/h2-10,21,23H,11H2,1H3,(H,22,24). The summed E-state index contributed by atoms with van der Waals surface area (Å²) >= 11 is 0. The van der Waals surface area contributed by atoms with E-state index in [0.717, 1.165) is 10.8 Å². The molecule has 0 saturated carbocycles. The first-order valence-corrected chi connectivity index (χ1v) is 7.54. The van der Waals surface area contributed by atoms with E-state index in [9.17, 15) is 14.3 Å². The van der Waals surface area contributed by atoms with Gasteiger partial charge in [-0.05, 0) is 48.2 Å². The Morgan fingerprint density at radius 1 is 1.12 bits per heavy atom. The molecule has 3 aromatic rings. The van der Waals surface area contributed by atoms with Crippen LogP contribution in [0.15, 0.2) is 54.6 Å². The number of amides is 1. The molecule has 0 bridgehead atoms. The predicted octanol–water partition coefficient (Wildman–Crippen LogP) is 4.04. The zero-order valence-electron chi connectivity index (χ0n) is 13.1. The van der Waals surface area contributed by atoms with Crippen LogP contribution in [0, 0.1) is 12.7 Å². The maximum atomic E-state index is 13.5. The lowest BCUT2D eigenvalue weighted by molar-refractivity contribution is -0.114. The van der Waals surface area contributed by atoms with Gasteiger partial charge in [0.05, 0.1) is 6.54 Å². The van der Waals surface area contributed by atoms with Crippen LogP contribution in [0.3, 0.4) is 0 Å². The summed E-state index contributed by atoms with van der Waals surface area (Å²) in [7, 11) is 0. The highest BCUT2D eigenvalue weighted by Crippen LogP contribution is 2.26. The average Bonchev–Trinajstić information content (AvgIpc) is 2.56. The summed E-state index contributed by atoms with van der Waals surface area (Å²) in [6, 6.07) is 15.2. The molecule has 0 unspecified atom stereocenters. The summed E-state index contributed by atoms with van der Waals surface area (Å²) in [5.74, 6) is -0.436. The van der Waals surface area contributed by atoms with Crippen molar-refractivity contribution in [3.05, 3.63) is 66.0 Å². The number of aryl methyl sites for hydroxylation is 1. The lowest BCUT2D eigenvalue weighted by atomic mass is 10.1. The summed E-state index contributed by atoms with van der Waals surface area (Å²) in [6.45, 7) is 1.69. The molecule has 3 rings (SSSR count). The first-order valence-electron chi connectivity index (χ1n) is 7.54. The number of hydrogen-bond donors (Lipinski definition) is 3. The van der Waals surface area contributed by atoms with Gasteiger partial charge in [-0.2, -0.15) is 0 Å². The van der Waals surface area contributed by atoms with Gasteiger partial charge in [0.15, 0.2) is 0 Å². The average molecular weight is 324 g/mol. The van der Waals surface area contributed by atoms with E-state index in [1.807, 2.05) is 12.1 Å². The third-order valence-electron chi connectivity index (χ3n) is 3.76. The van der Waals surface area contributed by atoms with Gasteiger partial charge in [0.25, 0.3) is 0 Å². The molecule has 0 aliphatic heterocycles. The Bertz CT molecular complexity index is 909. The largest absolute Gasteiger partial charge is 0.508 e. The quantitative estimate of drug-likeness (QED) is 0.678. The molecule has 5 heteroatoms. The van der Waals surface area contributed by atoms with E-state index in [-0.39, 0.29) is 24.0 Å². The highest BCUT2D eigenvalue weighted by molar-refractivity contribution is 6.03. The number of benzene rings is 3. The SMILES string of the molecule is Cc1ccc(NCC(=O)Nc2cccc3ccc(O)cc23)cc1F. The minimum absolute atomic E-state index is 0.0116. The number of nitrogens with one attached hydrogen (secondary N) is 2. The smallest absolute Gasteiger partial charge is 0.243 e. The van der Waals surface area contributed by atoms with Crippen LogP contribution in [0.4, 0.5) is 15.8 Å². The molecular formula is C19H17FN2O2. The topological polar surface area (TPSA) is 61.4 Å². The fourth-order valence-electron chi connectivity index (χ4n) is 2.45. The summed E-state index contributed by atoms with van der Waals surface area (Å²) in [5.41, 5.74) is 1.72. The van der Waals surface area contributed by atoms with Crippen LogP contribution in [0.25, 0.3) is 10.8 Å². The highest BCUT2D eigenvalue weighted by Gasteiger charge is 2.07. The van der Waals surface area contributed by atoms with E-state index >= 15 is 0 Å². The molecule has 0 spiro atoms. The molecule has 0 aromatic heterocycles. The lowest BCUT2D eigenvalue weighted by Crippen LogP contribution is -2.21. The van der Waals surface area contributed by atoms with E-state index in [1.54, 1.807) is 43.3 Å². The molecule has 0 atom stereocenters. The molecule has 0 radical (unpaired) electrons. The Morgan fingerprint density at radius 2 is 1.96 bits per heavy atom. The molecule has 4 nitrogen and oxygen atoms in total. The lowest BCUT2D eigenvalue weighted by Gasteiger charge is -2.11. The van der Waals surface area contributed by atoms with Gasteiger partial charge in [-0.1, -0.05) is 24.3 Å². The van der Waals surface area contributed by atoms with E-state index < -0.39 is 0 Å². The van der Waals surface area contributed by atoms with Gasteiger partial charge in [0, 0.05) is 16.8 Å². The summed E-state index contributed by atoms with van der Waals surface area (Å²) in [6.07, 6.45) is 0. The minimum atomic E-state index is -0.315. The van der Waals surface area contributed by atoms with E-state index in [0.29, 0.717) is 16.9 Å². The third-order valence-corrected chi connectivity index (χ3v) is 3.76. The Labute approximate surface area is 138 Å². The molecular weight excluding hydrogens is 307 g/mol. The number of carbonyl (C=O) groups excluding carboxylic acids is 1. The second-order valence-corrected chi connectivity index (χ2v) is 5.58. The van der Waals surface area contributed by atoms with Crippen molar-refractivity contribution in [1.29, 1.82) is 0 Å². The van der Waals surface area contributed by atoms with Crippen molar-refractivity contribution in [1.82, 2.24) is 0 Å². The number of carbonyl (C=O) groups is 1. The fraction of sp³-hybridized carbons (Fsp3) is 0.105. The molecule has 1 amide bonds. The highest BCUT2D eigenvalue weighted by atomic mass is 19.1. The number of fused-ring (bicyclic) bond motifs is 1. The molecule has 3 aromatic carbocycles. The van der Waals surface area contributed by atoms with Crippen molar-refractivity contribution in [2.75, 3.05) is 17.2 Å². The van der Waals surface area contributed by atoms with Crippen molar-refractivity contribution in [3.63, 3.8) is 0 Å². The van der Waals surface area contributed by atoms with Crippen LogP contribution in [-0.2, 0) is 4.79 Å². The normalized spacial score (nSPS) is 10.6.